The van der Waals surface area contributed by atoms with Crippen LogP contribution in [0.1, 0.15) is 5.56 Å². The number of amides is 1. The fourth-order valence-corrected chi connectivity index (χ4v) is 1.40. The minimum absolute atomic E-state index is 0.0917. The molecule has 0 saturated heterocycles. The number of hydrogen-bond acceptors (Lipinski definition) is 3. The van der Waals surface area contributed by atoms with Crippen molar-refractivity contribution in [1.29, 1.82) is 0 Å². The van der Waals surface area contributed by atoms with Crippen LogP contribution in [0.4, 0.5) is 14.9 Å². The molecule has 16 heavy (non-hydrogen) atoms. The zero-order valence-electron chi connectivity index (χ0n) is 7.98. The van der Waals surface area contributed by atoms with E-state index in [1.165, 1.54) is 18.1 Å². The fourth-order valence-electron chi connectivity index (χ4n) is 1.40. The summed E-state index contributed by atoms with van der Waals surface area (Å²) >= 11 is 0. The minimum Gasteiger partial charge on any atom is -0.530 e. The monoisotopic (exact) mass is 223 g/mol. The van der Waals surface area contributed by atoms with Crippen molar-refractivity contribution < 1.29 is 24.0 Å². The molecule has 3 N–H and O–H groups in total. The lowest BCUT2D eigenvalue weighted by molar-refractivity contribution is 0.209. The Morgan fingerprint density at radius 3 is 2.94 bits per heavy atom. The normalized spacial score (nSPS) is 13.0. The van der Waals surface area contributed by atoms with Crippen molar-refractivity contribution in [2.24, 2.45) is 0 Å². The van der Waals surface area contributed by atoms with E-state index in [0.717, 1.165) is 6.07 Å². The van der Waals surface area contributed by atoms with Crippen molar-refractivity contribution in [2.75, 3.05) is 5.32 Å². The van der Waals surface area contributed by atoms with Gasteiger partial charge in [-0.15, -0.1) is 0 Å². The summed E-state index contributed by atoms with van der Waals surface area (Å²) < 4.78 is 18.3. The summed E-state index contributed by atoms with van der Waals surface area (Å²) in [5, 5.41) is 19.6. The Bertz CT molecular complexity index is 477. The fraction of sp³-hybridized carbons (Fsp3) is 0. The molecule has 0 radical (unpaired) electrons. The van der Waals surface area contributed by atoms with E-state index in [-0.39, 0.29) is 11.4 Å². The number of fused-ring (bicyclic) bond motifs is 1. The van der Waals surface area contributed by atoms with Gasteiger partial charge in [0.25, 0.3) is 0 Å². The van der Waals surface area contributed by atoms with Crippen LogP contribution >= 0.6 is 0 Å². The van der Waals surface area contributed by atoms with Crippen molar-refractivity contribution in [3.05, 3.63) is 29.5 Å². The first-order valence-corrected chi connectivity index (χ1v) is 4.42. The standard InChI is InChI=1S/C9H7BFNO4/c11-7-4-6(12-9(13)14)3-5-1-2-10(15)16-8(5)7/h1-4,12,15H,(H,13,14). The maximum Gasteiger partial charge on any atom is 0.552 e. The summed E-state index contributed by atoms with van der Waals surface area (Å²) in [7, 11) is -1.18. The quantitative estimate of drug-likeness (QED) is 0.627. The van der Waals surface area contributed by atoms with Gasteiger partial charge in [0.15, 0.2) is 5.82 Å². The first-order chi connectivity index (χ1) is 7.56. The largest absolute Gasteiger partial charge is 0.552 e. The van der Waals surface area contributed by atoms with E-state index in [9.17, 15) is 9.18 Å². The van der Waals surface area contributed by atoms with E-state index in [1.54, 1.807) is 0 Å². The lowest BCUT2D eigenvalue weighted by Crippen LogP contribution is -2.22. The van der Waals surface area contributed by atoms with Gasteiger partial charge in [-0.3, -0.25) is 5.32 Å². The average Bonchev–Trinajstić information content (AvgIpc) is 2.18. The van der Waals surface area contributed by atoms with Crippen LogP contribution in [0.2, 0.25) is 0 Å². The number of anilines is 1. The van der Waals surface area contributed by atoms with Crippen molar-refractivity contribution >= 4 is 25.0 Å². The van der Waals surface area contributed by atoms with Crippen molar-refractivity contribution in [3.8, 4) is 5.75 Å². The SMILES string of the molecule is O=C(O)Nc1cc(F)c2c(c1)C=CB(O)O2. The Morgan fingerprint density at radius 1 is 1.50 bits per heavy atom. The lowest BCUT2D eigenvalue weighted by Gasteiger charge is -2.16. The number of rotatable bonds is 1. The van der Waals surface area contributed by atoms with E-state index in [0.29, 0.717) is 5.56 Å². The van der Waals surface area contributed by atoms with E-state index in [4.69, 9.17) is 14.8 Å². The van der Waals surface area contributed by atoms with Crippen LogP contribution in [0.5, 0.6) is 5.75 Å². The average molecular weight is 223 g/mol. The first-order valence-electron chi connectivity index (χ1n) is 4.42. The zero-order chi connectivity index (χ0) is 11.7. The van der Waals surface area contributed by atoms with Crippen LogP contribution in [0.25, 0.3) is 6.08 Å². The van der Waals surface area contributed by atoms with Gasteiger partial charge in [-0.05, 0) is 12.0 Å². The molecule has 1 aliphatic heterocycles. The van der Waals surface area contributed by atoms with Gasteiger partial charge in [-0.25, -0.2) is 9.18 Å². The molecular formula is C9H7BFNO4. The van der Waals surface area contributed by atoms with E-state index in [1.807, 2.05) is 5.32 Å². The maximum absolute atomic E-state index is 13.5. The molecule has 1 aromatic carbocycles. The van der Waals surface area contributed by atoms with E-state index >= 15 is 0 Å². The molecule has 1 aromatic rings. The second-order valence-electron chi connectivity index (χ2n) is 3.17. The molecule has 0 spiro atoms. The van der Waals surface area contributed by atoms with Crippen molar-refractivity contribution in [1.82, 2.24) is 0 Å². The van der Waals surface area contributed by atoms with Gasteiger partial charge < -0.3 is 14.8 Å². The van der Waals surface area contributed by atoms with Gasteiger partial charge in [0.2, 0.25) is 0 Å². The highest BCUT2D eigenvalue weighted by atomic mass is 19.1. The minimum atomic E-state index is -1.28. The molecule has 1 heterocycles. The van der Waals surface area contributed by atoms with Crippen LogP contribution < -0.4 is 9.97 Å². The number of carbonyl (C=O) groups is 1. The first kappa shape index (κ1) is 10.5. The third-order valence-electron chi connectivity index (χ3n) is 2.00. The molecule has 2 rings (SSSR count). The molecule has 0 aliphatic carbocycles. The van der Waals surface area contributed by atoms with Crippen molar-refractivity contribution in [2.45, 2.75) is 0 Å². The molecule has 1 amide bonds. The second-order valence-corrected chi connectivity index (χ2v) is 3.17. The number of halogens is 1. The third kappa shape index (κ3) is 1.99. The molecule has 0 bridgehead atoms. The van der Waals surface area contributed by atoms with E-state index in [2.05, 4.69) is 0 Å². The summed E-state index contributed by atoms with van der Waals surface area (Å²) in [6.07, 6.45) is 0.180. The van der Waals surface area contributed by atoms with Gasteiger partial charge in [0.05, 0.1) is 0 Å². The summed E-state index contributed by atoms with van der Waals surface area (Å²) in [5.74, 6) is 0.502. The van der Waals surface area contributed by atoms with Gasteiger partial charge in [-0.1, -0.05) is 6.08 Å². The molecule has 1 aliphatic rings. The lowest BCUT2D eigenvalue weighted by atomic mass is 9.86. The van der Waals surface area contributed by atoms with Crippen molar-refractivity contribution in [3.63, 3.8) is 0 Å². The van der Waals surface area contributed by atoms with Gasteiger partial charge in [-0.2, -0.15) is 0 Å². The highest BCUT2D eigenvalue weighted by molar-refractivity contribution is 6.51. The molecule has 0 fully saturated rings. The van der Waals surface area contributed by atoms with Crippen LogP contribution in [0.3, 0.4) is 0 Å². The van der Waals surface area contributed by atoms with E-state index < -0.39 is 19.0 Å². The summed E-state index contributed by atoms with van der Waals surface area (Å²) in [6, 6.07) is 2.40. The molecule has 5 nitrogen and oxygen atoms in total. The summed E-state index contributed by atoms with van der Waals surface area (Å²) in [5.41, 5.74) is 0.474. The molecule has 0 aromatic heterocycles. The predicted molar refractivity (Wildman–Crippen MR) is 55.7 cm³/mol. The van der Waals surface area contributed by atoms with Gasteiger partial charge in [0.1, 0.15) is 5.75 Å². The maximum atomic E-state index is 13.5. The number of benzene rings is 1. The van der Waals surface area contributed by atoms with Crippen LogP contribution in [-0.4, -0.2) is 23.3 Å². The topological polar surface area (TPSA) is 78.8 Å². The molecule has 82 valence electrons. The molecule has 7 heteroatoms. The number of carboxylic acid groups (broad SMARTS) is 1. The van der Waals surface area contributed by atoms with Crippen LogP contribution in [-0.2, 0) is 0 Å². The summed E-state index contributed by atoms with van der Waals surface area (Å²) in [6.45, 7) is 0. The van der Waals surface area contributed by atoms with Gasteiger partial charge in [0, 0.05) is 17.3 Å². The highest BCUT2D eigenvalue weighted by Gasteiger charge is 2.22. The molecular weight excluding hydrogens is 216 g/mol. The third-order valence-corrected chi connectivity index (χ3v) is 2.00. The molecule has 0 unspecified atom stereocenters. The Labute approximate surface area is 90.3 Å². The number of hydrogen-bond donors (Lipinski definition) is 3. The Kier molecular flexibility index (Phi) is 2.53. The Balaban J connectivity index is 2.41. The summed E-state index contributed by atoms with van der Waals surface area (Å²) in [4.78, 5) is 10.4. The van der Waals surface area contributed by atoms with Gasteiger partial charge >= 0.3 is 13.2 Å². The van der Waals surface area contributed by atoms with Crippen LogP contribution in [0, 0.1) is 5.82 Å². The molecule has 0 saturated carbocycles. The molecule has 0 atom stereocenters. The Morgan fingerprint density at radius 2 is 2.25 bits per heavy atom. The Hall–Kier alpha value is -2.02. The predicted octanol–water partition coefficient (Wildman–Crippen LogP) is 1.34. The smallest absolute Gasteiger partial charge is 0.530 e. The zero-order valence-corrected chi connectivity index (χ0v) is 7.98. The second kappa shape index (κ2) is 3.86. The number of nitrogens with one attached hydrogen (secondary N) is 1. The van der Waals surface area contributed by atoms with Crippen LogP contribution in [0.15, 0.2) is 18.1 Å². The highest BCUT2D eigenvalue weighted by Crippen LogP contribution is 2.30.